The normalized spacial score (nSPS) is 22.2. The van der Waals surface area contributed by atoms with Crippen LogP contribution in [-0.4, -0.2) is 12.5 Å². The fourth-order valence-corrected chi connectivity index (χ4v) is 3.26. The Morgan fingerprint density at radius 3 is 2.79 bits per heavy atom. The highest BCUT2D eigenvalue weighted by atomic mass is 79.9. The molecule has 1 aliphatic rings. The Bertz CT molecular complexity index is 437. The van der Waals surface area contributed by atoms with Crippen molar-refractivity contribution in [1.29, 1.82) is 0 Å². The molecule has 0 aliphatic heterocycles. The summed E-state index contributed by atoms with van der Waals surface area (Å²) in [7, 11) is 0. The maximum Gasteiger partial charge on any atom is 0.248 e. The minimum Gasteiger partial charge on any atom is -0.492 e. The number of halogens is 4. The average molecular weight is 398 g/mol. The smallest absolute Gasteiger partial charge is 0.248 e. The van der Waals surface area contributed by atoms with E-state index in [4.69, 9.17) is 4.74 Å². The second-order valence-corrected chi connectivity index (χ2v) is 6.44. The molecule has 1 atom stereocenters. The highest BCUT2D eigenvalue weighted by Crippen LogP contribution is 2.37. The van der Waals surface area contributed by atoms with Gasteiger partial charge in [0.25, 0.3) is 0 Å². The van der Waals surface area contributed by atoms with Gasteiger partial charge in [0.05, 0.1) is 11.1 Å². The Morgan fingerprint density at radius 1 is 1.37 bits per heavy atom. The zero-order chi connectivity index (χ0) is 13.9. The van der Waals surface area contributed by atoms with Gasteiger partial charge in [-0.15, -0.1) is 0 Å². The Kier molecular flexibility index (Phi) is 5.23. The molecule has 19 heavy (non-hydrogen) atoms. The van der Waals surface area contributed by atoms with Crippen molar-refractivity contribution in [3.05, 3.63) is 28.2 Å². The summed E-state index contributed by atoms with van der Waals surface area (Å²) in [5.41, 5.74) is 1.14. The molecule has 1 aliphatic carbocycles. The highest BCUT2D eigenvalue weighted by molar-refractivity contribution is 9.10. The maximum atomic E-state index is 13.3. The van der Waals surface area contributed by atoms with E-state index in [1.807, 2.05) is 18.2 Å². The van der Waals surface area contributed by atoms with Crippen molar-refractivity contribution < 1.29 is 13.5 Å². The molecular formula is C14H16Br2F2O. The number of ether oxygens (including phenoxy) is 1. The monoisotopic (exact) mass is 396 g/mol. The fourth-order valence-electron chi connectivity index (χ4n) is 2.37. The molecule has 5 heteroatoms. The third-order valence-corrected chi connectivity index (χ3v) is 4.63. The van der Waals surface area contributed by atoms with Crippen molar-refractivity contribution in [3.8, 4) is 5.75 Å². The first-order valence-corrected chi connectivity index (χ1v) is 8.26. The standard InChI is InChI=1S/C14H16Br2F2O/c15-8-10-3-4-13(12(16)6-10)19-9-11-2-1-5-14(17,18)7-11/h3-4,6,11H,1-2,5,7-9H2. The summed E-state index contributed by atoms with van der Waals surface area (Å²) in [6, 6.07) is 5.81. The molecule has 2 rings (SSSR count). The third-order valence-electron chi connectivity index (χ3n) is 3.37. The van der Waals surface area contributed by atoms with Crippen LogP contribution in [0.1, 0.15) is 31.2 Å². The van der Waals surface area contributed by atoms with E-state index in [1.54, 1.807) is 0 Å². The van der Waals surface area contributed by atoms with Crippen molar-refractivity contribution in [2.75, 3.05) is 6.61 Å². The van der Waals surface area contributed by atoms with E-state index in [-0.39, 0.29) is 18.8 Å². The van der Waals surface area contributed by atoms with Gasteiger partial charge in [-0.25, -0.2) is 8.78 Å². The Balaban J connectivity index is 1.91. The van der Waals surface area contributed by atoms with Gasteiger partial charge in [0.2, 0.25) is 5.92 Å². The molecule has 1 nitrogen and oxygen atoms in total. The van der Waals surface area contributed by atoms with Crippen LogP contribution in [-0.2, 0) is 5.33 Å². The van der Waals surface area contributed by atoms with Crippen molar-refractivity contribution in [2.45, 2.75) is 36.9 Å². The summed E-state index contributed by atoms with van der Waals surface area (Å²) in [5.74, 6) is -1.84. The van der Waals surface area contributed by atoms with Gasteiger partial charge in [0.1, 0.15) is 5.75 Å². The molecule has 0 radical (unpaired) electrons. The lowest BCUT2D eigenvalue weighted by molar-refractivity contribution is -0.0585. The Labute approximate surface area is 129 Å². The van der Waals surface area contributed by atoms with Gasteiger partial charge in [-0.3, -0.25) is 0 Å². The molecule has 0 saturated heterocycles. The van der Waals surface area contributed by atoms with Crippen LogP contribution in [0.5, 0.6) is 5.75 Å². The maximum absolute atomic E-state index is 13.3. The largest absolute Gasteiger partial charge is 0.492 e. The van der Waals surface area contributed by atoms with Gasteiger partial charge in [-0.1, -0.05) is 22.0 Å². The molecule has 1 unspecified atom stereocenters. The van der Waals surface area contributed by atoms with Crippen LogP contribution >= 0.6 is 31.9 Å². The van der Waals surface area contributed by atoms with Gasteiger partial charge in [-0.2, -0.15) is 0 Å². The topological polar surface area (TPSA) is 9.23 Å². The number of hydrogen-bond acceptors (Lipinski definition) is 1. The summed E-state index contributed by atoms with van der Waals surface area (Å²) in [6.07, 6.45) is 1.38. The molecule has 0 amide bonds. The van der Waals surface area contributed by atoms with E-state index < -0.39 is 5.92 Å². The summed E-state index contributed by atoms with van der Waals surface area (Å²) in [5, 5.41) is 0.778. The molecule has 0 aromatic heterocycles. The summed E-state index contributed by atoms with van der Waals surface area (Å²) < 4.78 is 33.1. The van der Waals surface area contributed by atoms with E-state index in [0.29, 0.717) is 13.0 Å². The Hall–Kier alpha value is -0.160. The molecule has 0 heterocycles. The SMILES string of the molecule is FC1(F)CCCC(COc2ccc(CBr)cc2Br)C1. The Morgan fingerprint density at radius 2 is 2.16 bits per heavy atom. The lowest BCUT2D eigenvalue weighted by Crippen LogP contribution is -2.29. The van der Waals surface area contributed by atoms with E-state index in [2.05, 4.69) is 31.9 Å². The first-order chi connectivity index (χ1) is 9.00. The zero-order valence-electron chi connectivity index (χ0n) is 10.5. The predicted octanol–water partition coefficient (Wildman–Crippen LogP) is 5.55. The van der Waals surface area contributed by atoms with Crippen molar-refractivity contribution >= 4 is 31.9 Å². The molecular weight excluding hydrogens is 382 g/mol. The van der Waals surface area contributed by atoms with Crippen LogP contribution in [0.15, 0.2) is 22.7 Å². The first-order valence-electron chi connectivity index (χ1n) is 6.35. The fraction of sp³-hybridized carbons (Fsp3) is 0.571. The lowest BCUT2D eigenvalue weighted by atomic mass is 9.87. The first kappa shape index (κ1) is 15.2. The third kappa shape index (κ3) is 4.42. The molecule has 0 spiro atoms. The van der Waals surface area contributed by atoms with Crippen LogP contribution in [0.2, 0.25) is 0 Å². The van der Waals surface area contributed by atoms with Crippen molar-refractivity contribution in [1.82, 2.24) is 0 Å². The molecule has 1 aromatic rings. The van der Waals surface area contributed by atoms with Gasteiger partial charge in [0.15, 0.2) is 0 Å². The van der Waals surface area contributed by atoms with Gasteiger partial charge in [-0.05, 0) is 52.4 Å². The van der Waals surface area contributed by atoms with Crippen LogP contribution in [0.4, 0.5) is 8.78 Å². The highest BCUT2D eigenvalue weighted by Gasteiger charge is 2.36. The number of rotatable bonds is 4. The summed E-state index contributed by atoms with van der Waals surface area (Å²) in [6.45, 7) is 0.363. The lowest BCUT2D eigenvalue weighted by Gasteiger charge is -2.28. The molecule has 1 saturated carbocycles. The van der Waals surface area contributed by atoms with Crippen molar-refractivity contribution in [3.63, 3.8) is 0 Å². The van der Waals surface area contributed by atoms with E-state index >= 15 is 0 Å². The number of benzene rings is 1. The van der Waals surface area contributed by atoms with Crippen molar-refractivity contribution in [2.24, 2.45) is 5.92 Å². The minimum atomic E-state index is -2.51. The van der Waals surface area contributed by atoms with Crippen LogP contribution in [0, 0.1) is 5.92 Å². The minimum absolute atomic E-state index is 0.0210. The number of hydrogen-bond donors (Lipinski definition) is 0. The van der Waals surface area contributed by atoms with E-state index in [9.17, 15) is 8.78 Å². The molecule has 106 valence electrons. The summed E-state index contributed by atoms with van der Waals surface area (Å²) >= 11 is 6.83. The van der Waals surface area contributed by atoms with Gasteiger partial charge < -0.3 is 4.74 Å². The molecule has 1 fully saturated rings. The van der Waals surface area contributed by atoms with E-state index in [0.717, 1.165) is 27.5 Å². The van der Waals surface area contributed by atoms with E-state index in [1.165, 1.54) is 0 Å². The van der Waals surface area contributed by atoms with Gasteiger partial charge in [0, 0.05) is 18.2 Å². The van der Waals surface area contributed by atoms with Crippen LogP contribution in [0.25, 0.3) is 0 Å². The summed E-state index contributed by atoms with van der Waals surface area (Å²) in [4.78, 5) is 0. The van der Waals surface area contributed by atoms with Crippen LogP contribution < -0.4 is 4.74 Å². The quantitative estimate of drug-likeness (QED) is 0.605. The average Bonchev–Trinajstić information content (AvgIpc) is 2.36. The zero-order valence-corrected chi connectivity index (χ0v) is 13.6. The van der Waals surface area contributed by atoms with Gasteiger partial charge >= 0.3 is 0 Å². The van der Waals surface area contributed by atoms with Crippen LogP contribution in [0.3, 0.4) is 0 Å². The second-order valence-electron chi connectivity index (χ2n) is 5.03. The molecule has 0 N–H and O–H groups in total. The molecule has 1 aromatic carbocycles. The predicted molar refractivity (Wildman–Crippen MR) is 79.2 cm³/mol. The molecule has 0 bridgehead atoms. The number of alkyl halides is 3. The second kappa shape index (κ2) is 6.53.